The molecule has 1 N–H and O–H groups in total. The van der Waals surface area contributed by atoms with E-state index >= 15 is 0 Å². The summed E-state index contributed by atoms with van der Waals surface area (Å²) in [5.74, 6) is 0.115. The van der Waals surface area contributed by atoms with E-state index in [1.54, 1.807) is 0 Å². The molecular weight excluding hydrogens is 212 g/mol. The highest BCUT2D eigenvalue weighted by Gasteiger charge is 2.17. The van der Waals surface area contributed by atoms with Crippen molar-refractivity contribution in [1.29, 1.82) is 0 Å². The number of aryl methyl sites for hydroxylation is 2. The lowest BCUT2D eigenvalue weighted by Gasteiger charge is -2.16. The number of hydrogen-bond acceptors (Lipinski definition) is 2. The van der Waals surface area contributed by atoms with Gasteiger partial charge >= 0.3 is 0 Å². The second-order valence-electron chi connectivity index (χ2n) is 3.89. The average molecular weight is 227 g/mol. The molecule has 1 aromatic rings. The number of halogens is 1. The predicted octanol–water partition coefficient (Wildman–Crippen LogP) is 3.35. The second-order valence-corrected chi connectivity index (χ2v) is 4.27. The molecule has 1 aromatic carbocycles. The van der Waals surface area contributed by atoms with Crippen LogP contribution in [0, 0.1) is 13.8 Å². The summed E-state index contributed by atoms with van der Waals surface area (Å²) in [6.07, 6.45) is 1.26. The number of rotatable bonds is 3. The Hall–Kier alpha value is -1.02. The highest BCUT2D eigenvalue weighted by atomic mass is 35.5. The minimum absolute atomic E-state index is 0.000556. The quantitative estimate of drug-likeness (QED) is 0.803. The van der Waals surface area contributed by atoms with Crippen molar-refractivity contribution < 1.29 is 9.90 Å². The fourth-order valence-electron chi connectivity index (χ4n) is 1.84. The maximum absolute atomic E-state index is 10.4. The molecule has 15 heavy (non-hydrogen) atoms. The molecule has 2 nitrogen and oxygen atoms in total. The highest BCUT2D eigenvalue weighted by molar-refractivity contribution is 6.32. The van der Waals surface area contributed by atoms with Gasteiger partial charge in [0.1, 0.15) is 12.0 Å². The van der Waals surface area contributed by atoms with Gasteiger partial charge in [-0.3, -0.25) is 0 Å². The van der Waals surface area contributed by atoms with E-state index in [-0.39, 0.29) is 11.7 Å². The van der Waals surface area contributed by atoms with Crippen LogP contribution in [0.2, 0.25) is 5.02 Å². The second kappa shape index (κ2) is 4.67. The number of aromatic hydroxyl groups is 1. The summed E-state index contributed by atoms with van der Waals surface area (Å²) in [6, 6.07) is 1.93. The third-order valence-electron chi connectivity index (χ3n) is 2.61. The molecule has 82 valence electrons. The number of phenols is 1. The van der Waals surface area contributed by atoms with Crippen LogP contribution in [0.5, 0.6) is 5.75 Å². The summed E-state index contributed by atoms with van der Waals surface area (Å²) in [6.45, 7) is 5.67. The zero-order chi connectivity index (χ0) is 11.6. The molecule has 1 unspecified atom stereocenters. The van der Waals surface area contributed by atoms with E-state index in [0.29, 0.717) is 11.4 Å². The molecule has 0 amide bonds. The third-order valence-corrected chi connectivity index (χ3v) is 3.09. The van der Waals surface area contributed by atoms with Crippen molar-refractivity contribution in [3.63, 3.8) is 0 Å². The van der Waals surface area contributed by atoms with E-state index in [1.165, 1.54) is 0 Å². The van der Waals surface area contributed by atoms with Crippen LogP contribution in [0.4, 0.5) is 0 Å². The van der Waals surface area contributed by atoms with Crippen LogP contribution in [0.25, 0.3) is 0 Å². The molecule has 1 rings (SSSR count). The van der Waals surface area contributed by atoms with Crippen molar-refractivity contribution in [1.82, 2.24) is 0 Å². The molecule has 0 aliphatic rings. The number of carbonyl (C=O) groups excluding carboxylic acids is 1. The summed E-state index contributed by atoms with van der Waals surface area (Å²) in [5.41, 5.74) is 2.61. The van der Waals surface area contributed by atoms with Crippen LogP contribution in [-0.2, 0) is 4.79 Å². The molecule has 0 radical (unpaired) electrons. The van der Waals surface area contributed by atoms with Crippen molar-refractivity contribution in [3.8, 4) is 5.75 Å². The monoisotopic (exact) mass is 226 g/mol. The molecule has 0 fully saturated rings. The van der Waals surface area contributed by atoms with Crippen molar-refractivity contribution in [2.75, 3.05) is 0 Å². The van der Waals surface area contributed by atoms with Crippen LogP contribution >= 0.6 is 11.6 Å². The topological polar surface area (TPSA) is 37.3 Å². The summed E-state index contributed by atoms with van der Waals surface area (Å²) in [4.78, 5) is 10.4. The first-order chi connectivity index (χ1) is 6.99. The van der Waals surface area contributed by atoms with E-state index in [9.17, 15) is 9.90 Å². The normalized spacial score (nSPS) is 12.5. The molecule has 0 saturated carbocycles. The first-order valence-electron chi connectivity index (χ1n) is 4.91. The van der Waals surface area contributed by atoms with Gasteiger partial charge in [0, 0.05) is 12.0 Å². The minimum Gasteiger partial charge on any atom is -0.506 e. The Bertz CT molecular complexity index is 386. The van der Waals surface area contributed by atoms with Crippen LogP contribution in [-0.4, -0.2) is 11.4 Å². The van der Waals surface area contributed by atoms with Crippen LogP contribution < -0.4 is 0 Å². The number of aldehydes is 1. The number of hydrogen-bond donors (Lipinski definition) is 1. The first kappa shape index (κ1) is 12.1. The molecule has 0 aromatic heterocycles. The average Bonchev–Trinajstić information content (AvgIpc) is 2.15. The molecule has 0 aliphatic heterocycles. The SMILES string of the molecule is Cc1cc(C)c(C(C)CC=O)c(O)c1Cl. The highest BCUT2D eigenvalue weighted by Crippen LogP contribution is 2.38. The van der Waals surface area contributed by atoms with Crippen LogP contribution in [0.1, 0.15) is 36.0 Å². The standard InChI is InChI=1S/C12H15ClO2/c1-7(4-5-14)10-8(2)6-9(3)11(13)12(10)15/h5-7,15H,4H2,1-3H3. The van der Waals surface area contributed by atoms with Crippen molar-refractivity contribution in [2.24, 2.45) is 0 Å². The lowest BCUT2D eigenvalue weighted by molar-refractivity contribution is -0.108. The van der Waals surface area contributed by atoms with E-state index in [0.717, 1.165) is 23.0 Å². The maximum atomic E-state index is 10.4. The summed E-state index contributed by atoms with van der Waals surface area (Å²) < 4.78 is 0. The van der Waals surface area contributed by atoms with E-state index in [4.69, 9.17) is 11.6 Å². The lowest BCUT2D eigenvalue weighted by atomic mass is 9.92. The Balaban J connectivity index is 3.28. The minimum atomic E-state index is 0.000556. The van der Waals surface area contributed by atoms with Gasteiger partial charge in [0.25, 0.3) is 0 Å². The zero-order valence-corrected chi connectivity index (χ0v) is 9.93. The first-order valence-corrected chi connectivity index (χ1v) is 5.29. The number of benzene rings is 1. The number of carbonyl (C=O) groups is 1. The molecule has 0 spiro atoms. The molecule has 0 bridgehead atoms. The maximum Gasteiger partial charge on any atom is 0.138 e. The van der Waals surface area contributed by atoms with Gasteiger partial charge in [-0.15, -0.1) is 0 Å². The summed E-state index contributed by atoms with van der Waals surface area (Å²) in [7, 11) is 0. The fraction of sp³-hybridized carbons (Fsp3) is 0.417. The predicted molar refractivity (Wildman–Crippen MR) is 61.7 cm³/mol. The number of phenolic OH excluding ortho intramolecular Hbond substituents is 1. The van der Waals surface area contributed by atoms with E-state index < -0.39 is 0 Å². The molecule has 1 atom stereocenters. The van der Waals surface area contributed by atoms with Gasteiger partial charge in [-0.1, -0.05) is 24.6 Å². The molecular formula is C12H15ClO2. The fourth-order valence-corrected chi connectivity index (χ4v) is 2.00. The summed E-state index contributed by atoms with van der Waals surface area (Å²) >= 11 is 5.96. The van der Waals surface area contributed by atoms with Gasteiger partial charge < -0.3 is 9.90 Å². The zero-order valence-electron chi connectivity index (χ0n) is 9.17. The Morgan fingerprint density at radius 2 is 2.07 bits per heavy atom. The van der Waals surface area contributed by atoms with Gasteiger partial charge in [0.2, 0.25) is 0 Å². The Kier molecular flexibility index (Phi) is 3.75. The smallest absolute Gasteiger partial charge is 0.138 e. The van der Waals surface area contributed by atoms with Crippen molar-refractivity contribution >= 4 is 17.9 Å². The van der Waals surface area contributed by atoms with Crippen molar-refractivity contribution in [2.45, 2.75) is 33.1 Å². The van der Waals surface area contributed by atoms with Gasteiger partial charge in [-0.05, 0) is 30.9 Å². The van der Waals surface area contributed by atoms with E-state index in [2.05, 4.69) is 0 Å². The van der Waals surface area contributed by atoms with E-state index in [1.807, 2.05) is 26.8 Å². The molecule has 3 heteroatoms. The lowest BCUT2D eigenvalue weighted by Crippen LogP contribution is -1.99. The molecule has 0 heterocycles. The van der Waals surface area contributed by atoms with Crippen LogP contribution in [0.15, 0.2) is 6.07 Å². The van der Waals surface area contributed by atoms with Crippen LogP contribution in [0.3, 0.4) is 0 Å². The van der Waals surface area contributed by atoms with Crippen molar-refractivity contribution in [3.05, 3.63) is 27.8 Å². The van der Waals surface area contributed by atoms with Gasteiger partial charge in [0.05, 0.1) is 5.02 Å². The Morgan fingerprint density at radius 3 is 2.60 bits per heavy atom. The summed E-state index contributed by atoms with van der Waals surface area (Å²) in [5, 5.41) is 10.3. The largest absolute Gasteiger partial charge is 0.506 e. The molecule has 0 aliphatic carbocycles. The van der Waals surface area contributed by atoms with Gasteiger partial charge in [0.15, 0.2) is 0 Å². The van der Waals surface area contributed by atoms with Gasteiger partial charge in [-0.25, -0.2) is 0 Å². The molecule has 0 saturated heterocycles. The third kappa shape index (κ3) is 2.32. The van der Waals surface area contributed by atoms with Gasteiger partial charge in [-0.2, -0.15) is 0 Å². The Labute approximate surface area is 94.9 Å². The Morgan fingerprint density at radius 1 is 1.47 bits per heavy atom.